The van der Waals surface area contributed by atoms with Crippen molar-refractivity contribution in [2.75, 3.05) is 23.7 Å². The maximum Gasteiger partial charge on any atom is 0.0543 e. The molecule has 0 saturated heterocycles. The van der Waals surface area contributed by atoms with Gasteiger partial charge in [0.15, 0.2) is 0 Å². The number of hydrogen-bond acceptors (Lipinski definition) is 4. The number of hydrogen-bond donors (Lipinski definition) is 2. The predicted octanol–water partition coefficient (Wildman–Crippen LogP) is 9.38. The van der Waals surface area contributed by atoms with Crippen molar-refractivity contribution < 1.29 is 0 Å². The van der Waals surface area contributed by atoms with Crippen molar-refractivity contribution in [1.82, 2.24) is 9.88 Å². The number of anilines is 2. The van der Waals surface area contributed by atoms with Gasteiger partial charge in [0.2, 0.25) is 0 Å². The number of benzene rings is 2. The first-order valence-electron chi connectivity index (χ1n) is 15.4. The fraction of sp³-hybridized carbons (Fsp3) is 0.528. The van der Waals surface area contributed by atoms with Gasteiger partial charge >= 0.3 is 0 Å². The molecule has 2 N–H and O–H groups in total. The zero-order valence-corrected chi connectivity index (χ0v) is 26.8. The van der Waals surface area contributed by atoms with Gasteiger partial charge in [-0.3, -0.25) is 9.88 Å². The van der Waals surface area contributed by atoms with Crippen molar-refractivity contribution in [2.24, 2.45) is 0 Å². The average molecular weight is 543 g/mol. The minimum absolute atomic E-state index is 0.280. The lowest BCUT2D eigenvalue weighted by Crippen LogP contribution is -2.41. The SMILES string of the molecule is CC(CN(Cc1ccccn1)CC(C)Nc1c(C(C)C)cccc1C(C)C)Nc1c(C(C)C)cccc1C(C)C. The number of nitrogens with one attached hydrogen (secondary N) is 2. The molecule has 3 aromatic rings. The summed E-state index contributed by atoms with van der Waals surface area (Å²) in [6, 6.07) is 20.3. The molecular weight excluding hydrogens is 488 g/mol. The molecule has 1 heterocycles. The predicted molar refractivity (Wildman–Crippen MR) is 175 cm³/mol. The molecule has 0 saturated carbocycles. The van der Waals surface area contributed by atoms with Gasteiger partial charge in [0, 0.05) is 49.3 Å². The minimum atomic E-state index is 0.280. The largest absolute Gasteiger partial charge is 0.381 e. The van der Waals surface area contributed by atoms with Crippen LogP contribution >= 0.6 is 0 Å². The molecule has 4 heteroatoms. The Hall–Kier alpha value is -2.85. The highest BCUT2D eigenvalue weighted by Gasteiger charge is 2.21. The molecule has 0 aliphatic carbocycles. The van der Waals surface area contributed by atoms with Crippen LogP contribution in [-0.2, 0) is 6.54 Å². The number of para-hydroxylation sites is 2. The van der Waals surface area contributed by atoms with Gasteiger partial charge in [0.1, 0.15) is 0 Å². The number of rotatable bonds is 14. The maximum atomic E-state index is 4.67. The monoisotopic (exact) mass is 542 g/mol. The quantitative estimate of drug-likeness (QED) is 0.213. The second kappa shape index (κ2) is 14.7. The van der Waals surface area contributed by atoms with E-state index in [1.807, 2.05) is 12.3 Å². The van der Waals surface area contributed by atoms with Crippen LogP contribution in [-0.4, -0.2) is 35.1 Å². The van der Waals surface area contributed by atoms with E-state index in [2.05, 4.69) is 138 Å². The van der Waals surface area contributed by atoms with Crippen LogP contribution in [0.1, 0.15) is 121 Å². The van der Waals surface area contributed by atoms with E-state index in [4.69, 9.17) is 0 Å². The van der Waals surface area contributed by atoms with E-state index in [1.54, 1.807) is 0 Å². The summed E-state index contributed by atoms with van der Waals surface area (Å²) in [5, 5.41) is 7.89. The number of aromatic nitrogens is 1. The van der Waals surface area contributed by atoms with E-state index in [1.165, 1.54) is 33.6 Å². The first-order chi connectivity index (χ1) is 19.0. The Morgan fingerprint density at radius 3 is 1.27 bits per heavy atom. The zero-order valence-electron chi connectivity index (χ0n) is 26.8. The Balaban J connectivity index is 1.84. The summed E-state index contributed by atoms with van der Waals surface area (Å²) in [4.78, 5) is 7.22. The summed E-state index contributed by atoms with van der Waals surface area (Å²) in [5.41, 5.74) is 9.34. The minimum Gasteiger partial charge on any atom is -0.381 e. The summed E-state index contributed by atoms with van der Waals surface area (Å²) in [6.45, 7) is 25.6. The van der Waals surface area contributed by atoms with E-state index in [0.717, 1.165) is 25.3 Å². The third-order valence-corrected chi connectivity index (χ3v) is 7.70. The van der Waals surface area contributed by atoms with Crippen LogP contribution < -0.4 is 10.6 Å². The van der Waals surface area contributed by atoms with Crippen molar-refractivity contribution in [3.8, 4) is 0 Å². The third-order valence-electron chi connectivity index (χ3n) is 7.70. The summed E-state index contributed by atoms with van der Waals surface area (Å²) in [5.74, 6) is 1.88. The molecule has 4 nitrogen and oxygen atoms in total. The molecule has 2 unspecified atom stereocenters. The van der Waals surface area contributed by atoms with Crippen molar-refractivity contribution in [1.29, 1.82) is 0 Å². The molecule has 0 aliphatic rings. The number of pyridine rings is 1. The van der Waals surface area contributed by atoms with Crippen LogP contribution in [0.3, 0.4) is 0 Å². The summed E-state index contributed by atoms with van der Waals surface area (Å²) in [7, 11) is 0. The highest BCUT2D eigenvalue weighted by Crippen LogP contribution is 2.34. The molecule has 0 amide bonds. The molecule has 0 spiro atoms. The van der Waals surface area contributed by atoms with Gasteiger partial charge in [0.25, 0.3) is 0 Å². The highest BCUT2D eigenvalue weighted by atomic mass is 15.2. The first kappa shape index (κ1) is 31.7. The molecule has 2 aromatic carbocycles. The van der Waals surface area contributed by atoms with Crippen LogP contribution in [0.5, 0.6) is 0 Å². The lowest BCUT2D eigenvalue weighted by Gasteiger charge is -2.32. The third kappa shape index (κ3) is 8.57. The van der Waals surface area contributed by atoms with Gasteiger partial charge in [0.05, 0.1) is 5.69 Å². The second-order valence-corrected chi connectivity index (χ2v) is 12.8. The van der Waals surface area contributed by atoms with Crippen LogP contribution in [0, 0.1) is 0 Å². The molecule has 218 valence electrons. The number of nitrogens with zero attached hydrogens (tertiary/aromatic N) is 2. The lowest BCUT2D eigenvalue weighted by atomic mass is 9.92. The molecule has 2 atom stereocenters. The normalized spacial score (nSPS) is 13.5. The summed E-state index contributed by atoms with van der Waals surface area (Å²) < 4.78 is 0. The van der Waals surface area contributed by atoms with Gasteiger partial charge < -0.3 is 10.6 Å². The van der Waals surface area contributed by atoms with E-state index >= 15 is 0 Å². The topological polar surface area (TPSA) is 40.2 Å². The molecule has 0 aliphatic heterocycles. The smallest absolute Gasteiger partial charge is 0.0543 e. The lowest BCUT2D eigenvalue weighted by molar-refractivity contribution is 0.247. The Bertz CT molecular complexity index is 1060. The highest BCUT2D eigenvalue weighted by molar-refractivity contribution is 5.61. The first-order valence-corrected chi connectivity index (χ1v) is 15.4. The molecule has 1 aromatic heterocycles. The van der Waals surface area contributed by atoms with E-state index in [0.29, 0.717) is 23.7 Å². The summed E-state index contributed by atoms with van der Waals surface area (Å²) >= 11 is 0. The molecule has 0 fully saturated rings. The van der Waals surface area contributed by atoms with Crippen LogP contribution in [0.4, 0.5) is 11.4 Å². The fourth-order valence-corrected chi connectivity index (χ4v) is 5.72. The van der Waals surface area contributed by atoms with E-state index in [-0.39, 0.29) is 12.1 Å². The van der Waals surface area contributed by atoms with E-state index < -0.39 is 0 Å². The van der Waals surface area contributed by atoms with Gasteiger partial charge in [-0.2, -0.15) is 0 Å². The average Bonchev–Trinajstić information content (AvgIpc) is 2.88. The van der Waals surface area contributed by atoms with Crippen LogP contribution in [0.15, 0.2) is 60.8 Å². The zero-order chi connectivity index (χ0) is 29.4. The Labute approximate surface area is 245 Å². The van der Waals surface area contributed by atoms with Crippen molar-refractivity contribution in [2.45, 2.75) is 112 Å². The molecule has 3 rings (SSSR count). The Morgan fingerprint density at radius 2 is 0.950 bits per heavy atom. The molecular formula is C36H54N4. The second-order valence-electron chi connectivity index (χ2n) is 12.8. The molecule has 40 heavy (non-hydrogen) atoms. The van der Waals surface area contributed by atoms with Gasteiger partial charge in [-0.1, -0.05) is 97.9 Å². The van der Waals surface area contributed by atoms with Gasteiger partial charge in [-0.25, -0.2) is 0 Å². The van der Waals surface area contributed by atoms with Crippen molar-refractivity contribution in [3.63, 3.8) is 0 Å². The van der Waals surface area contributed by atoms with Gasteiger partial charge in [-0.15, -0.1) is 0 Å². The standard InChI is InChI=1S/C36H54N4/c1-24(2)31-16-13-17-32(25(3)4)35(31)38-28(9)21-40(23-30-15-11-12-20-37-30)22-29(10)39-36-33(26(5)6)18-14-19-34(36)27(7)8/h11-20,24-29,38-39H,21-23H2,1-10H3. The maximum absolute atomic E-state index is 4.67. The fourth-order valence-electron chi connectivity index (χ4n) is 5.72. The molecule has 0 bridgehead atoms. The van der Waals surface area contributed by atoms with Crippen molar-refractivity contribution >= 4 is 11.4 Å². The van der Waals surface area contributed by atoms with Crippen LogP contribution in [0.25, 0.3) is 0 Å². The van der Waals surface area contributed by atoms with Crippen LogP contribution in [0.2, 0.25) is 0 Å². The van der Waals surface area contributed by atoms with Crippen molar-refractivity contribution in [3.05, 3.63) is 88.7 Å². The van der Waals surface area contributed by atoms with Gasteiger partial charge in [-0.05, 0) is 71.9 Å². The summed E-state index contributed by atoms with van der Waals surface area (Å²) in [6.07, 6.45) is 1.90. The Kier molecular flexibility index (Phi) is 11.6. The van der Waals surface area contributed by atoms with E-state index in [9.17, 15) is 0 Å². The Morgan fingerprint density at radius 1 is 0.550 bits per heavy atom. The molecule has 0 radical (unpaired) electrons.